The SMILES string of the molecule is O=[N+]([O-])c1c(Br)cncc1CCl. The van der Waals surface area contributed by atoms with E-state index in [9.17, 15) is 10.1 Å². The number of hydrogen-bond acceptors (Lipinski definition) is 3. The molecule has 1 aromatic rings. The van der Waals surface area contributed by atoms with E-state index < -0.39 is 4.92 Å². The number of halogens is 2. The average Bonchev–Trinajstić information content (AvgIpc) is 2.03. The molecule has 0 aliphatic heterocycles. The topological polar surface area (TPSA) is 56.0 Å². The van der Waals surface area contributed by atoms with Crippen LogP contribution in [0.5, 0.6) is 0 Å². The van der Waals surface area contributed by atoms with E-state index in [2.05, 4.69) is 20.9 Å². The Kier molecular flexibility index (Phi) is 2.99. The smallest absolute Gasteiger partial charge is 0.263 e. The monoisotopic (exact) mass is 250 g/mol. The van der Waals surface area contributed by atoms with Crippen LogP contribution in [0.4, 0.5) is 5.69 Å². The molecule has 0 aliphatic rings. The van der Waals surface area contributed by atoms with Crippen LogP contribution in [0.25, 0.3) is 0 Å². The van der Waals surface area contributed by atoms with E-state index in [0.717, 1.165) is 0 Å². The zero-order chi connectivity index (χ0) is 9.14. The molecule has 0 bridgehead atoms. The van der Waals surface area contributed by atoms with Gasteiger partial charge in [-0.15, -0.1) is 11.6 Å². The van der Waals surface area contributed by atoms with Crippen molar-refractivity contribution in [3.63, 3.8) is 0 Å². The highest BCUT2D eigenvalue weighted by atomic mass is 79.9. The third-order valence-electron chi connectivity index (χ3n) is 1.28. The number of nitrogens with zero attached hydrogens (tertiary/aromatic N) is 2. The molecule has 0 saturated heterocycles. The summed E-state index contributed by atoms with van der Waals surface area (Å²) in [6, 6.07) is 0. The molecule has 0 amide bonds. The summed E-state index contributed by atoms with van der Waals surface area (Å²) in [5.74, 6) is 0.0861. The summed E-state index contributed by atoms with van der Waals surface area (Å²) < 4.78 is 0.352. The van der Waals surface area contributed by atoms with E-state index >= 15 is 0 Å². The highest BCUT2D eigenvalue weighted by Gasteiger charge is 2.17. The van der Waals surface area contributed by atoms with Crippen molar-refractivity contribution in [3.8, 4) is 0 Å². The van der Waals surface area contributed by atoms with E-state index in [1.807, 2.05) is 0 Å². The molecule has 6 heteroatoms. The Morgan fingerprint density at radius 1 is 1.67 bits per heavy atom. The van der Waals surface area contributed by atoms with Crippen molar-refractivity contribution in [3.05, 3.63) is 32.5 Å². The maximum absolute atomic E-state index is 10.5. The highest BCUT2D eigenvalue weighted by molar-refractivity contribution is 9.10. The van der Waals surface area contributed by atoms with Gasteiger partial charge in [0, 0.05) is 12.4 Å². The fourth-order valence-corrected chi connectivity index (χ4v) is 1.48. The van der Waals surface area contributed by atoms with Crippen LogP contribution >= 0.6 is 27.5 Å². The second-order valence-electron chi connectivity index (χ2n) is 2.02. The first-order chi connectivity index (χ1) is 5.66. The van der Waals surface area contributed by atoms with Crippen LogP contribution in [0.2, 0.25) is 0 Å². The lowest BCUT2D eigenvalue weighted by Gasteiger charge is -1.98. The first-order valence-corrected chi connectivity index (χ1v) is 4.32. The second-order valence-corrected chi connectivity index (χ2v) is 3.14. The van der Waals surface area contributed by atoms with Crippen molar-refractivity contribution in [2.24, 2.45) is 0 Å². The summed E-state index contributed by atoms with van der Waals surface area (Å²) in [4.78, 5) is 13.8. The Bertz CT molecular complexity index is 318. The van der Waals surface area contributed by atoms with Gasteiger partial charge in [-0.25, -0.2) is 0 Å². The molecule has 1 rings (SSSR count). The predicted molar refractivity (Wildman–Crippen MR) is 48.1 cm³/mol. The molecule has 0 N–H and O–H groups in total. The number of aromatic nitrogens is 1. The number of nitro groups is 1. The van der Waals surface area contributed by atoms with Crippen LogP contribution in [-0.2, 0) is 5.88 Å². The van der Waals surface area contributed by atoms with Gasteiger partial charge in [-0.1, -0.05) is 0 Å². The highest BCUT2D eigenvalue weighted by Crippen LogP contribution is 2.28. The van der Waals surface area contributed by atoms with E-state index in [1.54, 1.807) is 0 Å². The molecule has 0 fully saturated rings. The second kappa shape index (κ2) is 3.82. The molecular formula is C6H4BrClN2O2. The van der Waals surface area contributed by atoms with Crippen molar-refractivity contribution in [1.82, 2.24) is 4.98 Å². The van der Waals surface area contributed by atoms with Crippen LogP contribution in [0.1, 0.15) is 5.56 Å². The van der Waals surface area contributed by atoms with E-state index in [4.69, 9.17) is 11.6 Å². The lowest BCUT2D eigenvalue weighted by Crippen LogP contribution is -1.95. The Morgan fingerprint density at radius 2 is 2.33 bits per heavy atom. The third kappa shape index (κ3) is 1.73. The molecule has 0 aromatic carbocycles. The van der Waals surface area contributed by atoms with Crippen molar-refractivity contribution in [1.29, 1.82) is 0 Å². The summed E-state index contributed by atoms with van der Waals surface area (Å²) in [5, 5.41) is 10.5. The van der Waals surface area contributed by atoms with E-state index in [0.29, 0.717) is 10.0 Å². The molecule has 0 radical (unpaired) electrons. The average molecular weight is 251 g/mol. The summed E-state index contributed by atoms with van der Waals surface area (Å²) in [5.41, 5.74) is 0.399. The lowest BCUT2D eigenvalue weighted by molar-refractivity contribution is -0.386. The Balaban J connectivity index is 3.29. The van der Waals surface area contributed by atoms with Crippen molar-refractivity contribution in [2.75, 3.05) is 0 Å². The fourth-order valence-electron chi connectivity index (χ4n) is 0.771. The first kappa shape index (κ1) is 9.41. The molecular weight excluding hydrogens is 247 g/mol. The van der Waals surface area contributed by atoms with Crippen molar-refractivity contribution < 1.29 is 4.92 Å². The molecule has 0 unspecified atom stereocenters. The third-order valence-corrected chi connectivity index (χ3v) is 2.14. The summed E-state index contributed by atoms with van der Waals surface area (Å²) >= 11 is 8.51. The van der Waals surface area contributed by atoms with Gasteiger partial charge in [-0.05, 0) is 15.9 Å². The number of alkyl halides is 1. The van der Waals surface area contributed by atoms with Crippen LogP contribution < -0.4 is 0 Å². The molecule has 0 aliphatic carbocycles. The van der Waals surface area contributed by atoms with Gasteiger partial charge in [0.05, 0.1) is 16.4 Å². The predicted octanol–water partition coefficient (Wildman–Crippen LogP) is 2.49. The maximum atomic E-state index is 10.5. The zero-order valence-corrected chi connectivity index (χ0v) is 8.17. The molecule has 0 spiro atoms. The Morgan fingerprint density at radius 3 is 2.75 bits per heavy atom. The van der Waals surface area contributed by atoms with Crippen molar-refractivity contribution >= 4 is 33.2 Å². The van der Waals surface area contributed by atoms with Gasteiger partial charge in [-0.3, -0.25) is 15.1 Å². The van der Waals surface area contributed by atoms with Gasteiger partial charge in [0.1, 0.15) is 4.47 Å². The Labute approximate surface area is 81.8 Å². The fraction of sp³-hybridized carbons (Fsp3) is 0.167. The summed E-state index contributed by atoms with van der Waals surface area (Å²) in [6.45, 7) is 0. The zero-order valence-electron chi connectivity index (χ0n) is 5.83. The van der Waals surface area contributed by atoms with Crippen LogP contribution in [0.15, 0.2) is 16.9 Å². The Hall–Kier alpha value is -0.680. The number of rotatable bonds is 2. The minimum absolute atomic E-state index is 0.0139. The largest absolute Gasteiger partial charge is 0.290 e. The quantitative estimate of drug-likeness (QED) is 0.461. The molecule has 4 nitrogen and oxygen atoms in total. The molecule has 0 atom stereocenters. The van der Waals surface area contributed by atoms with Crippen LogP contribution in [-0.4, -0.2) is 9.91 Å². The maximum Gasteiger partial charge on any atom is 0.290 e. The van der Waals surface area contributed by atoms with E-state index in [-0.39, 0.29) is 11.6 Å². The summed E-state index contributed by atoms with van der Waals surface area (Å²) in [7, 11) is 0. The number of pyridine rings is 1. The standard InChI is InChI=1S/C6H4BrClN2O2/c7-5-3-9-2-4(1-8)6(5)10(11)12/h2-3H,1H2. The van der Waals surface area contributed by atoms with E-state index in [1.165, 1.54) is 12.4 Å². The number of hydrogen-bond donors (Lipinski definition) is 0. The van der Waals surface area contributed by atoms with Gasteiger partial charge in [0.2, 0.25) is 0 Å². The molecule has 1 aromatic heterocycles. The van der Waals surface area contributed by atoms with Crippen LogP contribution in [0, 0.1) is 10.1 Å². The van der Waals surface area contributed by atoms with Gasteiger partial charge >= 0.3 is 0 Å². The lowest BCUT2D eigenvalue weighted by atomic mass is 10.3. The van der Waals surface area contributed by atoms with Crippen LogP contribution in [0.3, 0.4) is 0 Å². The van der Waals surface area contributed by atoms with Gasteiger partial charge in [0.15, 0.2) is 0 Å². The normalized spacial score (nSPS) is 9.83. The summed E-state index contributed by atoms with van der Waals surface area (Å²) in [6.07, 6.45) is 2.75. The van der Waals surface area contributed by atoms with Crippen molar-refractivity contribution in [2.45, 2.75) is 5.88 Å². The molecule has 64 valence electrons. The first-order valence-electron chi connectivity index (χ1n) is 2.99. The van der Waals surface area contributed by atoms with Gasteiger partial charge < -0.3 is 0 Å². The van der Waals surface area contributed by atoms with Gasteiger partial charge in [0.25, 0.3) is 5.69 Å². The molecule has 0 saturated carbocycles. The molecule has 12 heavy (non-hydrogen) atoms. The minimum atomic E-state index is -0.483. The molecule has 1 heterocycles. The van der Waals surface area contributed by atoms with Gasteiger partial charge in [-0.2, -0.15) is 0 Å². The minimum Gasteiger partial charge on any atom is -0.263 e.